The second-order valence-corrected chi connectivity index (χ2v) is 5.93. The smallest absolute Gasteiger partial charge is 0.331 e. The summed E-state index contributed by atoms with van der Waals surface area (Å²) >= 11 is 0. The Hall–Kier alpha value is -2.66. The monoisotopic (exact) mass is 341 g/mol. The van der Waals surface area contributed by atoms with E-state index < -0.39 is 18.6 Å². The molecule has 0 saturated heterocycles. The maximum absolute atomic E-state index is 12.3. The Labute approximate surface area is 147 Å². The maximum atomic E-state index is 12.3. The fourth-order valence-corrected chi connectivity index (χ4v) is 2.38. The van der Waals surface area contributed by atoms with Crippen LogP contribution < -0.4 is 5.32 Å². The number of aliphatic hydroxyl groups excluding tert-OH is 1. The molecule has 0 spiro atoms. The third-order valence-electron chi connectivity index (χ3n) is 3.84. The van der Waals surface area contributed by atoms with Crippen LogP contribution >= 0.6 is 0 Å². The minimum absolute atomic E-state index is 0.103. The fraction of sp³-hybridized carbons (Fsp3) is 0.300. The van der Waals surface area contributed by atoms with Crippen LogP contribution in [0, 0.1) is 5.92 Å². The first-order valence-electron chi connectivity index (χ1n) is 8.26. The molecule has 2 aromatic rings. The Kier molecular flexibility index (Phi) is 7.16. The zero-order valence-electron chi connectivity index (χ0n) is 14.2. The van der Waals surface area contributed by atoms with Crippen molar-refractivity contribution < 1.29 is 19.4 Å². The van der Waals surface area contributed by atoms with Gasteiger partial charge in [-0.25, -0.2) is 4.79 Å². The second kappa shape index (κ2) is 9.59. The van der Waals surface area contributed by atoms with Crippen molar-refractivity contribution in [1.29, 1.82) is 0 Å². The van der Waals surface area contributed by atoms with E-state index in [2.05, 4.69) is 5.32 Å². The highest BCUT2D eigenvalue weighted by Gasteiger charge is 2.24. The zero-order valence-corrected chi connectivity index (χ0v) is 14.2. The number of benzene rings is 2. The lowest BCUT2D eigenvalue weighted by atomic mass is 10.00. The molecule has 2 aromatic carbocycles. The van der Waals surface area contributed by atoms with Crippen LogP contribution in [0.15, 0.2) is 60.7 Å². The summed E-state index contributed by atoms with van der Waals surface area (Å²) in [6.07, 6.45) is 0.559. The van der Waals surface area contributed by atoms with Crippen molar-refractivity contribution in [2.45, 2.75) is 26.0 Å². The number of carbonyl (C=O) groups excluding carboxylic acids is 2. The van der Waals surface area contributed by atoms with E-state index in [-0.39, 0.29) is 18.4 Å². The summed E-state index contributed by atoms with van der Waals surface area (Å²) in [6, 6.07) is 17.8. The van der Waals surface area contributed by atoms with Crippen LogP contribution in [0.1, 0.15) is 18.1 Å². The van der Waals surface area contributed by atoms with E-state index >= 15 is 0 Å². The minimum Gasteiger partial charge on any atom is -0.459 e. The predicted octanol–water partition coefficient (Wildman–Crippen LogP) is 2.09. The summed E-state index contributed by atoms with van der Waals surface area (Å²) < 4.78 is 5.17. The van der Waals surface area contributed by atoms with Gasteiger partial charge < -0.3 is 15.2 Å². The van der Waals surface area contributed by atoms with Gasteiger partial charge in [0.1, 0.15) is 6.61 Å². The number of ether oxygens (including phenoxy) is 1. The van der Waals surface area contributed by atoms with Gasteiger partial charge in [0.15, 0.2) is 6.04 Å². The standard InChI is InChI=1S/C20H23NO4/c1-15(12-16-8-4-2-5-9-16)19(23)21-18(13-22)20(24)25-14-17-10-6-3-7-11-17/h2-11,15,18,22H,12-14H2,1H3,(H,21,23)/t15-,18-/m0/s1. The maximum Gasteiger partial charge on any atom is 0.331 e. The molecule has 0 heterocycles. The number of esters is 1. The van der Waals surface area contributed by atoms with Crippen molar-refractivity contribution in [2.75, 3.05) is 6.61 Å². The molecular formula is C20H23NO4. The number of carbonyl (C=O) groups is 2. The predicted molar refractivity (Wildman–Crippen MR) is 94.6 cm³/mol. The molecule has 5 nitrogen and oxygen atoms in total. The van der Waals surface area contributed by atoms with Crippen LogP contribution in [0.2, 0.25) is 0 Å². The molecule has 132 valence electrons. The lowest BCUT2D eigenvalue weighted by Crippen LogP contribution is -2.46. The Morgan fingerprint density at radius 3 is 2.12 bits per heavy atom. The molecule has 2 N–H and O–H groups in total. The average molecular weight is 341 g/mol. The molecule has 0 aromatic heterocycles. The molecule has 0 aliphatic carbocycles. The number of nitrogens with one attached hydrogen (secondary N) is 1. The van der Waals surface area contributed by atoms with Crippen LogP contribution in [0.3, 0.4) is 0 Å². The van der Waals surface area contributed by atoms with Crippen LogP contribution in [0.5, 0.6) is 0 Å². The van der Waals surface area contributed by atoms with Crippen molar-refractivity contribution in [3.05, 3.63) is 71.8 Å². The third kappa shape index (κ3) is 6.04. The van der Waals surface area contributed by atoms with E-state index in [0.29, 0.717) is 6.42 Å². The van der Waals surface area contributed by atoms with E-state index in [0.717, 1.165) is 11.1 Å². The van der Waals surface area contributed by atoms with Crippen molar-refractivity contribution in [3.8, 4) is 0 Å². The quantitative estimate of drug-likeness (QED) is 0.721. The molecule has 0 aliphatic heterocycles. The first kappa shape index (κ1) is 18.7. The average Bonchev–Trinajstić information content (AvgIpc) is 2.65. The van der Waals surface area contributed by atoms with E-state index in [1.807, 2.05) is 60.7 Å². The van der Waals surface area contributed by atoms with Crippen molar-refractivity contribution in [2.24, 2.45) is 5.92 Å². The molecule has 0 aliphatic rings. The molecular weight excluding hydrogens is 318 g/mol. The normalized spacial score (nSPS) is 12.9. The molecule has 2 atom stereocenters. The van der Waals surface area contributed by atoms with E-state index in [1.165, 1.54) is 0 Å². The van der Waals surface area contributed by atoms with Gasteiger partial charge in [0, 0.05) is 5.92 Å². The van der Waals surface area contributed by atoms with Crippen LogP contribution in [-0.4, -0.2) is 29.6 Å². The summed E-state index contributed by atoms with van der Waals surface area (Å²) in [6.45, 7) is 1.38. The SMILES string of the molecule is C[C@@H](Cc1ccccc1)C(=O)N[C@@H](CO)C(=O)OCc1ccccc1. The first-order valence-corrected chi connectivity index (χ1v) is 8.26. The van der Waals surface area contributed by atoms with Gasteiger partial charge >= 0.3 is 5.97 Å². The third-order valence-corrected chi connectivity index (χ3v) is 3.84. The fourth-order valence-electron chi connectivity index (χ4n) is 2.38. The summed E-state index contributed by atoms with van der Waals surface area (Å²) in [5, 5.41) is 12.0. The van der Waals surface area contributed by atoms with Crippen LogP contribution in [0.4, 0.5) is 0 Å². The highest BCUT2D eigenvalue weighted by atomic mass is 16.5. The van der Waals surface area contributed by atoms with Gasteiger partial charge in [0.05, 0.1) is 6.61 Å². The van der Waals surface area contributed by atoms with Crippen LogP contribution in [0.25, 0.3) is 0 Å². The number of amides is 1. The van der Waals surface area contributed by atoms with Gasteiger partial charge in [-0.1, -0.05) is 67.6 Å². The summed E-state index contributed by atoms with van der Waals surface area (Å²) in [5.74, 6) is -1.26. The highest BCUT2D eigenvalue weighted by Crippen LogP contribution is 2.09. The van der Waals surface area contributed by atoms with E-state index in [9.17, 15) is 14.7 Å². The lowest BCUT2D eigenvalue weighted by molar-refractivity contribution is -0.150. The number of aliphatic hydroxyl groups is 1. The summed E-state index contributed by atoms with van der Waals surface area (Å²) in [5.41, 5.74) is 1.88. The van der Waals surface area contributed by atoms with Gasteiger partial charge in [-0.15, -0.1) is 0 Å². The minimum atomic E-state index is -1.06. The molecule has 2 rings (SSSR count). The van der Waals surface area contributed by atoms with Gasteiger partial charge in [-0.05, 0) is 17.5 Å². The van der Waals surface area contributed by atoms with Crippen molar-refractivity contribution in [1.82, 2.24) is 5.32 Å². The Bertz CT molecular complexity index is 673. The van der Waals surface area contributed by atoms with Gasteiger partial charge in [0.25, 0.3) is 0 Å². The van der Waals surface area contributed by atoms with Gasteiger partial charge in [-0.3, -0.25) is 4.79 Å². The van der Waals surface area contributed by atoms with Crippen molar-refractivity contribution >= 4 is 11.9 Å². The Balaban J connectivity index is 1.84. The van der Waals surface area contributed by atoms with Crippen LogP contribution in [-0.2, 0) is 27.4 Å². The Morgan fingerprint density at radius 2 is 1.56 bits per heavy atom. The molecule has 0 unspecified atom stereocenters. The molecule has 0 bridgehead atoms. The van der Waals surface area contributed by atoms with Crippen molar-refractivity contribution in [3.63, 3.8) is 0 Å². The largest absolute Gasteiger partial charge is 0.459 e. The second-order valence-electron chi connectivity index (χ2n) is 5.93. The molecule has 0 saturated carbocycles. The highest BCUT2D eigenvalue weighted by molar-refractivity contribution is 5.85. The number of rotatable bonds is 8. The molecule has 0 fully saturated rings. The van der Waals surface area contributed by atoms with Gasteiger partial charge in [0.2, 0.25) is 5.91 Å². The number of hydrogen-bond acceptors (Lipinski definition) is 4. The molecule has 1 amide bonds. The van der Waals surface area contributed by atoms with E-state index in [4.69, 9.17) is 4.74 Å². The molecule has 25 heavy (non-hydrogen) atoms. The number of hydrogen-bond donors (Lipinski definition) is 2. The van der Waals surface area contributed by atoms with Gasteiger partial charge in [-0.2, -0.15) is 0 Å². The lowest BCUT2D eigenvalue weighted by Gasteiger charge is -2.18. The summed E-state index contributed by atoms with van der Waals surface area (Å²) in [7, 11) is 0. The van der Waals surface area contributed by atoms with E-state index in [1.54, 1.807) is 6.92 Å². The Morgan fingerprint density at radius 1 is 1.00 bits per heavy atom. The molecule has 0 radical (unpaired) electrons. The topological polar surface area (TPSA) is 75.6 Å². The summed E-state index contributed by atoms with van der Waals surface area (Å²) in [4.78, 5) is 24.3. The first-order chi connectivity index (χ1) is 12.1. The zero-order chi connectivity index (χ0) is 18.1. The molecule has 5 heteroatoms.